The number of aliphatic hydroxyl groups is 2. The number of carbonyl (C=O) groups is 1. The van der Waals surface area contributed by atoms with Crippen LogP contribution in [0.1, 0.15) is 13.8 Å². The first-order valence-electron chi connectivity index (χ1n) is 9.57. The summed E-state index contributed by atoms with van der Waals surface area (Å²) in [7, 11) is 0.996. The van der Waals surface area contributed by atoms with Crippen LogP contribution in [-0.4, -0.2) is 94.9 Å². The molecule has 176 valence electrons. The molecule has 0 aromatic carbocycles. The van der Waals surface area contributed by atoms with E-state index in [2.05, 4.69) is 16.9 Å². The first-order chi connectivity index (χ1) is 14.4. The van der Waals surface area contributed by atoms with Crippen LogP contribution in [0, 0.1) is 0 Å². The van der Waals surface area contributed by atoms with E-state index in [1.807, 2.05) is 0 Å². The van der Waals surface area contributed by atoms with Gasteiger partial charge in [0.15, 0.2) is 11.3 Å². The van der Waals surface area contributed by atoms with Crippen LogP contribution in [-0.2, 0) is 23.1 Å². The van der Waals surface area contributed by atoms with Crippen LogP contribution in [0.25, 0.3) is 0 Å². The lowest BCUT2D eigenvalue weighted by molar-refractivity contribution is -0.109. The highest BCUT2D eigenvalue weighted by atomic mass is 32.2. The normalized spacial score (nSPS) is 31.9. The van der Waals surface area contributed by atoms with Crippen molar-refractivity contribution in [2.45, 2.75) is 37.9 Å². The molecule has 2 aliphatic rings. The molecule has 2 aliphatic heterocycles. The smallest absolute Gasteiger partial charge is 0.385 e. The molecule has 11 nitrogen and oxygen atoms in total. The van der Waals surface area contributed by atoms with Crippen LogP contribution in [0.3, 0.4) is 0 Å². The lowest BCUT2D eigenvalue weighted by Gasteiger charge is -2.34. The van der Waals surface area contributed by atoms with Gasteiger partial charge < -0.3 is 25.2 Å². The van der Waals surface area contributed by atoms with Crippen molar-refractivity contribution >= 4 is 30.5 Å². The SMILES string of the molecule is C=C1NC(=NC)C=CN1[C@@H]1O[C@H](COP(=O)(OCCSC(C)=O)N(C)C)[C@](C)(O)C1O. The van der Waals surface area contributed by atoms with Gasteiger partial charge in [0.1, 0.15) is 29.5 Å². The van der Waals surface area contributed by atoms with E-state index < -0.39 is 31.8 Å². The number of nitrogens with zero attached hydrogens (tertiary/aromatic N) is 3. The highest BCUT2D eigenvalue weighted by molar-refractivity contribution is 8.13. The van der Waals surface area contributed by atoms with Gasteiger partial charge in [0, 0.05) is 25.9 Å². The summed E-state index contributed by atoms with van der Waals surface area (Å²) in [6, 6.07) is 0. The number of aliphatic hydroxyl groups excluding tert-OH is 1. The van der Waals surface area contributed by atoms with E-state index in [1.165, 1.54) is 37.5 Å². The fourth-order valence-electron chi connectivity index (χ4n) is 2.92. The van der Waals surface area contributed by atoms with Gasteiger partial charge in [-0.15, -0.1) is 0 Å². The average Bonchev–Trinajstić information content (AvgIpc) is 2.92. The van der Waals surface area contributed by atoms with E-state index in [-0.39, 0.29) is 18.3 Å². The van der Waals surface area contributed by atoms with Crippen molar-refractivity contribution in [1.82, 2.24) is 14.9 Å². The summed E-state index contributed by atoms with van der Waals surface area (Å²) in [4.78, 5) is 16.6. The topological polar surface area (TPSA) is 133 Å². The van der Waals surface area contributed by atoms with Crippen LogP contribution >= 0.6 is 19.5 Å². The second-order valence-corrected chi connectivity index (χ2v) is 10.9. The zero-order chi connectivity index (χ0) is 23.4. The maximum Gasteiger partial charge on any atom is 0.407 e. The molecule has 1 saturated heterocycles. The second-order valence-electron chi connectivity index (χ2n) is 7.37. The Hall–Kier alpha value is -1.24. The molecule has 2 unspecified atom stereocenters. The van der Waals surface area contributed by atoms with Crippen LogP contribution < -0.4 is 5.32 Å². The third-order valence-corrected chi connectivity index (χ3v) is 7.58. The first kappa shape index (κ1) is 26.0. The third kappa shape index (κ3) is 6.17. The molecule has 2 rings (SSSR count). The number of amidine groups is 1. The number of carbonyl (C=O) groups excluding carboxylic acids is 1. The molecule has 0 aromatic heterocycles. The molecule has 1 fully saturated rings. The maximum atomic E-state index is 13.0. The molecule has 5 atom stereocenters. The molecule has 2 heterocycles. The standard InChI is InChI=1S/C18H31N4O7PS/c1-12-20-15(19-4)7-8-22(12)17-16(24)18(3,25)14(29-17)11-28-30(26,21(5)6)27-9-10-31-13(2)23/h7-8,14,16-17,24-25H,1,9-11H2,2-6H3,(H,19,20)/t14-,16?,17-,18+,30?/m1/s1. The Kier molecular flexibility index (Phi) is 8.88. The predicted molar refractivity (Wildman–Crippen MR) is 118 cm³/mol. The van der Waals surface area contributed by atoms with Crippen LogP contribution in [0.15, 0.2) is 29.7 Å². The summed E-state index contributed by atoms with van der Waals surface area (Å²) in [6.45, 7) is 6.49. The number of hydrogen-bond acceptors (Lipinski definition) is 10. The fourth-order valence-corrected chi connectivity index (χ4v) is 4.68. The monoisotopic (exact) mass is 478 g/mol. The van der Waals surface area contributed by atoms with Gasteiger partial charge in [0.25, 0.3) is 0 Å². The van der Waals surface area contributed by atoms with E-state index in [9.17, 15) is 19.6 Å². The highest BCUT2D eigenvalue weighted by Gasteiger charge is 2.55. The fraction of sp³-hybridized carbons (Fsp3) is 0.667. The van der Waals surface area contributed by atoms with Gasteiger partial charge in [0.05, 0.1) is 13.2 Å². The second kappa shape index (κ2) is 10.6. The zero-order valence-electron chi connectivity index (χ0n) is 18.3. The molecule has 31 heavy (non-hydrogen) atoms. The van der Waals surface area contributed by atoms with E-state index in [4.69, 9.17) is 13.8 Å². The van der Waals surface area contributed by atoms with E-state index >= 15 is 0 Å². The summed E-state index contributed by atoms with van der Waals surface area (Å²) in [5.41, 5.74) is -1.69. The van der Waals surface area contributed by atoms with Gasteiger partial charge in [-0.2, -0.15) is 0 Å². The van der Waals surface area contributed by atoms with Crippen LogP contribution in [0.5, 0.6) is 0 Å². The quantitative estimate of drug-likeness (QED) is 0.320. The van der Waals surface area contributed by atoms with Crippen molar-refractivity contribution in [2.75, 3.05) is 40.1 Å². The van der Waals surface area contributed by atoms with Gasteiger partial charge in [0.2, 0.25) is 0 Å². The first-order valence-corrected chi connectivity index (χ1v) is 12.1. The van der Waals surface area contributed by atoms with Gasteiger partial charge in [-0.3, -0.25) is 18.8 Å². The summed E-state index contributed by atoms with van der Waals surface area (Å²) >= 11 is 1.05. The molecule has 0 spiro atoms. The van der Waals surface area contributed by atoms with E-state index in [0.717, 1.165) is 11.8 Å². The minimum atomic E-state index is -3.69. The largest absolute Gasteiger partial charge is 0.407 e. The number of ether oxygens (including phenoxy) is 1. The van der Waals surface area contributed by atoms with Gasteiger partial charge in [-0.1, -0.05) is 18.3 Å². The Morgan fingerprint density at radius 2 is 2.19 bits per heavy atom. The van der Waals surface area contributed by atoms with Crippen LogP contribution in [0.4, 0.5) is 0 Å². The Morgan fingerprint density at radius 1 is 1.52 bits per heavy atom. The van der Waals surface area contributed by atoms with Crippen molar-refractivity contribution < 1.29 is 33.4 Å². The number of nitrogens with one attached hydrogen (secondary N) is 1. The number of rotatable bonds is 9. The van der Waals surface area contributed by atoms with Crippen molar-refractivity contribution in [3.8, 4) is 0 Å². The molecule has 0 amide bonds. The Morgan fingerprint density at radius 3 is 2.74 bits per heavy atom. The van der Waals surface area contributed by atoms with Crippen molar-refractivity contribution in [2.24, 2.45) is 4.99 Å². The van der Waals surface area contributed by atoms with Crippen molar-refractivity contribution in [1.29, 1.82) is 0 Å². The van der Waals surface area contributed by atoms with E-state index in [1.54, 1.807) is 19.3 Å². The number of aliphatic imine (C=N–C) groups is 1. The molecule has 0 saturated carbocycles. The molecule has 0 radical (unpaired) electrons. The van der Waals surface area contributed by atoms with Gasteiger partial charge in [-0.05, 0) is 27.1 Å². The highest BCUT2D eigenvalue weighted by Crippen LogP contribution is 2.51. The minimum absolute atomic E-state index is 0.0399. The van der Waals surface area contributed by atoms with E-state index in [0.29, 0.717) is 17.4 Å². The van der Waals surface area contributed by atoms with Crippen LogP contribution in [0.2, 0.25) is 0 Å². The summed E-state index contributed by atoms with van der Waals surface area (Å²) in [5.74, 6) is 1.33. The Balaban J connectivity index is 2.06. The predicted octanol–water partition coefficient (Wildman–Crippen LogP) is 0.724. The summed E-state index contributed by atoms with van der Waals surface area (Å²) < 4.78 is 31.2. The molecular weight excluding hydrogens is 447 g/mol. The Labute approximate surface area is 186 Å². The lowest BCUT2D eigenvalue weighted by atomic mass is 9.95. The molecule has 3 N–H and O–H groups in total. The molecule has 0 bridgehead atoms. The van der Waals surface area contributed by atoms with Gasteiger partial charge in [-0.25, -0.2) is 9.24 Å². The third-order valence-electron chi connectivity index (χ3n) is 4.84. The Bertz CT molecular complexity index is 789. The molecule has 0 aromatic rings. The summed E-state index contributed by atoms with van der Waals surface area (Å²) in [5, 5.41) is 24.4. The minimum Gasteiger partial charge on any atom is -0.385 e. The van der Waals surface area contributed by atoms with Crippen molar-refractivity contribution in [3.05, 3.63) is 24.7 Å². The number of thioether (sulfide) groups is 1. The lowest BCUT2D eigenvalue weighted by Crippen LogP contribution is -2.50. The zero-order valence-corrected chi connectivity index (χ0v) is 20.1. The van der Waals surface area contributed by atoms with Gasteiger partial charge >= 0.3 is 7.75 Å². The molecule has 13 heteroatoms. The number of hydrogen-bond donors (Lipinski definition) is 3. The molecular formula is C18H31N4O7PS. The maximum absolute atomic E-state index is 13.0. The van der Waals surface area contributed by atoms with Crippen molar-refractivity contribution in [3.63, 3.8) is 0 Å². The molecule has 0 aliphatic carbocycles. The average molecular weight is 479 g/mol. The summed E-state index contributed by atoms with van der Waals surface area (Å²) in [6.07, 6.45) is 0.0463.